The molecule has 1 fully saturated rings. The number of aliphatic imine (C=N–C) groups is 1. The van der Waals surface area contributed by atoms with Crippen LogP contribution >= 0.6 is 11.3 Å². The van der Waals surface area contributed by atoms with Gasteiger partial charge in [-0.05, 0) is 29.5 Å². The number of rotatable bonds is 4. The van der Waals surface area contributed by atoms with E-state index in [2.05, 4.69) is 46.4 Å². The highest BCUT2D eigenvalue weighted by molar-refractivity contribution is 7.10. The van der Waals surface area contributed by atoms with Crippen molar-refractivity contribution in [2.45, 2.75) is 13.0 Å². The molecule has 2 aromatic rings. The number of piperazine rings is 1. The van der Waals surface area contributed by atoms with Crippen LogP contribution < -0.4 is 10.2 Å². The average molecular weight is 386 g/mol. The highest BCUT2D eigenvalue weighted by atomic mass is 32.1. The maximum Gasteiger partial charge on any atom is 0.225 e. The van der Waals surface area contributed by atoms with Crippen LogP contribution in [-0.4, -0.2) is 78.6 Å². The van der Waals surface area contributed by atoms with Crippen LogP contribution in [0.1, 0.15) is 10.4 Å². The van der Waals surface area contributed by atoms with Gasteiger partial charge in [-0.1, -0.05) is 0 Å². The Balaban J connectivity index is 1.22. The Bertz CT molecular complexity index is 752. The summed E-state index contributed by atoms with van der Waals surface area (Å²) in [5.74, 6) is 1.81. The van der Waals surface area contributed by atoms with Crippen molar-refractivity contribution in [2.75, 3.05) is 57.8 Å². The topological polar surface area (TPSA) is 59.9 Å². The molecule has 0 aromatic carbocycles. The van der Waals surface area contributed by atoms with Gasteiger partial charge >= 0.3 is 0 Å². The third-order valence-corrected chi connectivity index (χ3v) is 6.25. The number of nitrogens with one attached hydrogen (secondary N) is 1. The molecule has 0 bridgehead atoms. The Morgan fingerprint density at radius 1 is 1.19 bits per heavy atom. The molecule has 2 aromatic heterocycles. The van der Waals surface area contributed by atoms with E-state index in [0.717, 1.165) is 64.3 Å². The van der Waals surface area contributed by atoms with Crippen LogP contribution in [-0.2, 0) is 13.0 Å². The van der Waals surface area contributed by atoms with E-state index in [1.165, 1.54) is 12.0 Å². The second kappa shape index (κ2) is 8.67. The van der Waals surface area contributed by atoms with Crippen molar-refractivity contribution >= 4 is 23.2 Å². The van der Waals surface area contributed by atoms with Crippen molar-refractivity contribution in [3.63, 3.8) is 0 Å². The molecule has 0 saturated carbocycles. The molecule has 0 aliphatic carbocycles. The molecule has 2 aliphatic heterocycles. The Labute approximate surface area is 164 Å². The first kappa shape index (κ1) is 18.2. The van der Waals surface area contributed by atoms with E-state index in [1.807, 2.05) is 24.5 Å². The molecule has 4 rings (SSSR count). The lowest BCUT2D eigenvalue weighted by molar-refractivity contribution is 0.258. The van der Waals surface area contributed by atoms with Crippen LogP contribution in [0.3, 0.4) is 0 Å². The van der Waals surface area contributed by atoms with Gasteiger partial charge in [-0.2, -0.15) is 0 Å². The van der Waals surface area contributed by atoms with Crippen LogP contribution in [0.25, 0.3) is 0 Å². The fraction of sp³-hybridized carbons (Fsp3) is 0.526. The molecule has 0 unspecified atom stereocenters. The summed E-state index contributed by atoms with van der Waals surface area (Å²) in [4.78, 5) is 21.8. The third kappa shape index (κ3) is 4.39. The fourth-order valence-corrected chi connectivity index (χ4v) is 4.62. The van der Waals surface area contributed by atoms with E-state index < -0.39 is 0 Å². The Morgan fingerprint density at radius 2 is 2.00 bits per heavy atom. The summed E-state index contributed by atoms with van der Waals surface area (Å²) in [6.45, 7) is 7.90. The normalized spacial score (nSPS) is 18.5. The minimum Gasteiger partial charge on any atom is -0.355 e. The molecule has 2 aliphatic rings. The first-order valence-electron chi connectivity index (χ1n) is 9.58. The molecule has 144 valence electrons. The van der Waals surface area contributed by atoms with Gasteiger partial charge in [0.15, 0.2) is 5.96 Å². The van der Waals surface area contributed by atoms with Crippen molar-refractivity contribution in [1.29, 1.82) is 0 Å². The zero-order valence-electron chi connectivity index (χ0n) is 15.8. The van der Waals surface area contributed by atoms with Crippen LogP contribution in [0.2, 0.25) is 0 Å². The van der Waals surface area contributed by atoms with Gasteiger partial charge in [0.1, 0.15) is 0 Å². The average Bonchev–Trinajstić information content (AvgIpc) is 3.20. The molecule has 4 heterocycles. The maximum atomic E-state index is 4.48. The SMILES string of the molecule is CN=C(NCCN1CCc2sccc2C1)N1CCN(c2ncccn2)CC1. The smallest absolute Gasteiger partial charge is 0.225 e. The number of nitrogens with zero attached hydrogens (tertiary/aromatic N) is 6. The van der Waals surface area contributed by atoms with Crippen molar-refractivity contribution in [3.05, 3.63) is 40.3 Å². The quantitative estimate of drug-likeness (QED) is 0.632. The van der Waals surface area contributed by atoms with E-state index in [1.54, 1.807) is 17.3 Å². The fourth-order valence-electron chi connectivity index (χ4n) is 3.73. The minimum absolute atomic E-state index is 0.818. The summed E-state index contributed by atoms with van der Waals surface area (Å²) < 4.78 is 0. The summed E-state index contributed by atoms with van der Waals surface area (Å²) >= 11 is 1.90. The van der Waals surface area contributed by atoms with Crippen molar-refractivity contribution in [2.24, 2.45) is 4.99 Å². The molecule has 7 nitrogen and oxygen atoms in total. The maximum absolute atomic E-state index is 4.48. The number of anilines is 1. The molecule has 1 N–H and O–H groups in total. The highest BCUT2D eigenvalue weighted by Gasteiger charge is 2.21. The van der Waals surface area contributed by atoms with Crippen molar-refractivity contribution in [1.82, 2.24) is 25.1 Å². The van der Waals surface area contributed by atoms with Crippen molar-refractivity contribution in [3.8, 4) is 0 Å². The Morgan fingerprint density at radius 3 is 2.78 bits per heavy atom. The highest BCUT2D eigenvalue weighted by Crippen LogP contribution is 2.23. The number of hydrogen-bond acceptors (Lipinski definition) is 6. The van der Waals surface area contributed by atoms with Crippen LogP contribution in [0.15, 0.2) is 34.9 Å². The molecule has 0 spiro atoms. The van der Waals surface area contributed by atoms with E-state index in [-0.39, 0.29) is 0 Å². The Hall–Kier alpha value is -2.19. The molecule has 0 radical (unpaired) electrons. The lowest BCUT2D eigenvalue weighted by Gasteiger charge is -2.36. The largest absolute Gasteiger partial charge is 0.355 e. The number of thiophene rings is 1. The summed E-state index contributed by atoms with van der Waals surface area (Å²) in [6.07, 6.45) is 4.79. The zero-order chi connectivity index (χ0) is 18.5. The van der Waals surface area contributed by atoms with Gasteiger partial charge in [-0.15, -0.1) is 11.3 Å². The Kier molecular flexibility index (Phi) is 5.84. The molecule has 0 atom stereocenters. The van der Waals surface area contributed by atoms with Gasteiger partial charge in [0.2, 0.25) is 5.95 Å². The lowest BCUT2D eigenvalue weighted by Crippen LogP contribution is -2.53. The standard InChI is InChI=1S/C19H27N7S/c1-20-18(23-7-9-24-8-3-17-16(15-24)4-14-27-17)25-10-12-26(13-11-25)19-21-5-2-6-22-19/h2,4-6,14H,3,7-13,15H2,1H3,(H,20,23). The third-order valence-electron chi connectivity index (χ3n) is 5.22. The second-order valence-corrected chi connectivity index (χ2v) is 7.89. The summed E-state index contributed by atoms with van der Waals surface area (Å²) in [5.41, 5.74) is 1.51. The van der Waals surface area contributed by atoms with Crippen LogP contribution in [0.5, 0.6) is 0 Å². The van der Waals surface area contributed by atoms with Gasteiger partial charge in [-0.3, -0.25) is 9.89 Å². The van der Waals surface area contributed by atoms with E-state index in [0.29, 0.717) is 0 Å². The van der Waals surface area contributed by atoms with E-state index in [9.17, 15) is 0 Å². The molecular weight excluding hydrogens is 358 g/mol. The molecule has 1 saturated heterocycles. The zero-order valence-corrected chi connectivity index (χ0v) is 16.7. The first-order chi connectivity index (χ1) is 13.3. The predicted octanol–water partition coefficient (Wildman–Crippen LogP) is 1.29. The molecule has 27 heavy (non-hydrogen) atoms. The number of hydrogen-bond donors (Lipinski definition) is 1. The van der Waals surface area contributed by atoms with Gasteiger partial charge < -0.3 is 15.1 Å². The van der Waals surface area contributed by atoms with E-state index in [4.69, 9.17) is 0 Å². The number of guanidine groups is 1. The van der Waals surface area contributed by atoms with Crippen molar-refractivity contribution < 1.29 is 0 Å². The van der Waals surface area contributed by atoms with Gasteiger partial charge in [-0.25, -0.2) is 9.97 Å². The van der Waals surface area contributed by atoms with Gasteiger partial charge in [0.05, 0.1) is 0 Å². The van der Waals surface area contributed by atoms with Gasteiger partial charge in [0.25, 0.3) is 0 Å². The van der Waals surface area contributed by atoms with Crippen LogP contribution in [0, 0.1) is 0 Å². The number of fused-ring (bicyclic) bond motifs is 1. The minimum atomic E-state index is 0.818. The predicted molar refractivity (Wildman–Crippen MR) is 110 cm³/mol. The molecular formula is C19H27N7S. The summed E-state index contributed by atoms with van der Waals surface area (Å²) in [7, 11) is 1.87. The number of aromatic nitrogens is 2. The molecule has 0 amide bonds. The summed E-state index contributed by atoms with van der Waals surface area (Å²) in [5, 5.41) is 5.76. The van der Waals surface area contributed by atoms with Crippen LogP contribution in [0.4, 0.5) is 5.95 Å². The first-order valence-corrected chi connectivity index (χ1v) is 10.5. The second-order valence-electron chi connectivity index (χ2n) is 6.89. The van der Waals surface area contributed by atoms with E-state index >= 15 is 0 Å². The lowest BCUT2D eigenvalue weighted by atomic mass is 10.1. The van der Waals surface area contributed by atoms with Gasteiger partial charge in [0, 0.05) is 76.7 Å². The molecule has 8 heteroatoms. The summed E-state index contributed by atoms with van der Waals surface area (Å²) in [6, 6.07) is 4.13. The monoisotopic (exact) mass is 385 g/mol.